The molecule has 0 saturated heterocycles. The van der Waals surface area contributed by atoms with Gasteiger partial charge in [0.1, 0.15) is 28.8 Å². The van der Waals surface area contributed by atoms with E-state index in [0.29, 0.717) is 38.5 Å². The number of ketones is 1. The Morgan fingerprint density at radius 1 is 0.754 bits per heavy atom. The number of fused-ring (bicyclic) bond motifs is 4. The summed E-state index contributed by atoms with van der Waals surface area (Å²) < 4.78 is 0. The van der Waals surface area contributed by atoms with Crippen molar-refractivity contribution in [2.45, 2.75) is 126 Å². The van der Waals surface area contributed by atoms with Crippen LogP contribution >= 0.6 is 0 Å². The molecule has 0 amide bonds. The van der Waals surface area contributed by atoms with Crippen LogP contribution in [0.3, 0.4) is 0 Å². The maximum atomic E-state index is 13.3. The summed E-state index contributed by atoms with van der Waals surface area (Å²) in [5.41, 5.74) is 13.1. The molecule has 4 aromatic carbocycles. The van der Waals surface area contributed by atoms with E-state index in [1.807, 2.05) is 71.0 Å². The Morgan fingerprint density at radius 2 is 1.37 bits per heavy atom. The lowest BCUT2D eigenvalue weighted by atomic mass is 9.84. The highest BCUT2D eigenvalue weighted by Crippen LogP contribution is 2.39. The second-order valence-electron chi connectivity index (χ2n) is 16.5. The van der Waals surface area contributed by atoms with Crippen LogP contribution in [-0.4, -0.2) is 37.4 Å². The van der Waals surface area contributed by atoms with Crippen molar-refractivity contribution in [3.05, 3.63) is 150 Å². The maximum absolute atomic E-state index is 13.3. The van der Waals surface area contributed by atoms with E-state index in [-0.39, 0.29) is 40.6 Å². The molecule has 1 aliphatic rings. The van der Waals surface area contributed by atoms with Gasteiger partial charge in [0.25, 0.3) is 0 Å². The zero-order chi connectivity index (χ0) is 41.7. The summed E-state index contributed by atoms with van der Waals surface area (Å²) in [6, 6.07) is 16.2. The summed E-state index contributed by atoms with van der Waals surface area (Å²) in [6.45, 7) is 17.6. The van der Waals surface area contributed by atoms with E-state index in [0.717, 1.165) is 96.3 Å². The Morgan fingerprint density at radius 3 is 2.00 bits per heavy atom. The molecule has 0 aromatic heterocycles. The number of benzene rings is 4. The Bertz CT molecular complexity index is 2210. The van der Waals surface area contributed by atoms with Gasteiger partial charge in [-0.05, 0) is 138 Å². The molecule has 3 atom stereocenters. The quantitative estimate of drug-likeness (QED) is 0.0809. The van der Waals surface area contributed by atoms with Crippen LogP contribution in [0.2, 0.25) is 0 Å². The number of aryl methyl sites for hydroxylation is 4. The number of carbonyl (C=O) groups is 1. The summed E-state index contributed by atoms with van der Waals surface area (Å²) in [5.74, 6) is 0.660. The molecule has 302 valence electrons. The van der Waals surface area contributed by atoms with Crippen molar-refractivity contribution in [3.8, 4) is 23.0 Å². The lowest BCUT2D eigenvalue weighted by Gasteiger charge is -2.22. The number of aromatic hydroxyl groups is 4. The third-order valence-electron chi connectivity index (χ3n) is 11.8. The van der Waals surface area contributed by atoms with Gasteiger partial charge < -0.3 is 25.5 Å². The number of aliphatic hydroxyl groups is 1. The molecule has 0 spiro atoms. The van der Waals surface area contributed by atoms with Gasteiger partial charge in [-0.2, -0.15) is 0 Å². The second kappa shape index (κ2) is 18.5. The van der Waals surface area contributed by atoms with Crippen molar-refractivity contribution >= 4 is 5.78 Å². The fourth-order valence-corrected chi connectivity index (χ4v) is 8.17. The molecule has 6 heteroatoms. The molecular formula is C51H62O6. The van der Waals surface area contributed by atoms with Crippen LogP contribution in [0.1, 0.15) is 133 Å². The van der Waals surface area contributed by atoms with Crippen LogP contribution in [0.25, 0.3) is 0 Å². The minimum absolute atomic E-state index is 0.123. The molecule has 5 N–H and O–H groups in total. The minimum Gasteiger partial charge on any atom is -0.507 e. The Kier molecular flexibility index (Phi) is 13.9. The predicted molar refractivity (Wildman–Crippen MR) is 232 cm³/mol. The van der Waals surface area contributed by atoms with Gasteiger partial charge >= 0.3 is 0 Å². The number of phenols is 4. The van der Waals surface area contributed by atoms with Gasteiger partial charge in [-0.25, -0.2) is 0 Å². The molecule has 4 aromatic rings. The molecule has 57 heavy (non-hydrogen) atoms. The maximum Gasteiger partial charge on any atom is 0.139 e. The van der Waals surface area contributed by atoms with E-state index in [2.05, 4.69) is 51.1 Å². The SMILES string of the molecule is CCC=C(C=C(C)C(C)O)Cc1cc(C(C)c2cc3c(O)c(c2)Cc2cc(C)c(O)c(c2)CCC(=O)C(C)/C=C(\CC)C3)cc(Cc2cc(C)c(O)c(C)c2)c1O. The van der Waals surface area contributed by atoms with Gasteiger partial charge in [-0.3, -0.25) is 4.79 Å². The first-order chi connectivity index (χ1) is 27.0. The molecule has 0 fully saturated rings. The lowest BCUT2D eigenvalue weighted by molar-refractivity contribution is -0.121. The van der Waals surface area contributed by atoms with Gasteiger partial charge in [0.05, 0.1) is 6.10 Å². The average molecular weight is 771 g/mol. The summed E-state index contributed by atoms with van der Waals surface area (Å²) in [4.78, 5) is 13.3. The zero-order valence-electron chi connectivity index (χ0n) is 35.4. The number of allylic oxidation sites excluding steroid dienone is 5. The molecular weight excluding hydrogens is 709 g/mol. The third kappa shape index (κ3) is 10.3. The summed E-state index contributed by atoms with van der Waals surface area (Å²) >= 11 is 0. The lowest BCUT2D eigenvalue weighted by Crippen LogP contribution is -2.11. The highest BCUT2D eigenvalue weighted by atomic mass is 16.3. The van der Waals surface area contributed by atoms with Crippen LogP contribution in [0, 0.1) is 26.7 Å². The first-order valence-corrected chi connectivity index (χ1v) is 20.6. The molecule has 0 heterocycles. The Labute approximate surface area is 340 Å². The molecule has 0 radical (unpaired) electrons. The van der Waals surface area contributed by atoms with Gasteiger partial charge in [-0.15, -0.1) is 0 Å². The topological polar surface area (TPSA) is 118 Å². The van der Waals surface area contributed by atoms with Gasteiger partial charge in [0, 0.05) is 37.5 Å². The number of phenolic OH excluding ortho intramolecular Hbond substituents is 4. The highest BCUT2D eigenvalue weighted by Gasteiger charge is 2.22. The Balaban J connectivity index is 1.69. The van der Waals surface area contributed by atoms with Crippen molar-refractivity contribution in [2.75, 3.05) is 0 Å². The highest BCUT2D eigenvalue weighted by molar-refractivity contribution is 5.82. The Hall–Kier alpha value is -5.07. The van der Waals surface area contributed by atoms with Crippen LogP contribution in [0.4, 0.5) is 0 Å². The predicted octanol–water partition coefficient (Wildman–Crippen LogP) is 11.0. The molecule has 6 nitrogen and oxygen atoms in total. The summed E-state index contributed by atoms with van der Waals surface area (Å²) in [6.07, 6.45) is 9.84. The molecule has 4 bridgehead atoms. The number of rotatable bonds is 10. The molecule has 5 rings (SSSR count). The van der Waals surface area contributed by atoms with E-state index >= 15 is 0 Å². The summed E-state index contributed by atoms with van der Waals surface area (Å²) in [7, 11) is 0. The van der Waals surface area contributed by atoms with E-state index in [4.69, 9.17) is 0 Å². The van der Waals surface area contributed by atoms with Crippen molar-refractivity contribution in [1.82, 2.24) is 0 Å². The average Bonchev–Trinajstić information content (AvgIpc) is 3.16. The van der Waals surface area contributed by atoms with Crippen molar-refractivity contribution < 1.29 is 30.3 Å². The third-order valence-corrected chi connectivity index (χ3v) is 11.8. The fourth-order valence-electron chi connectivity index (χ4n) is 8.17. The molecule has 0 aliphatic heterocycles. The summed E-state index contributed by atoms with van der Waals surface area (Å²) in [5, 5.41) is 55.6. The fraction of sp³-hybridized carbons (Fsp3) is 0.392. The van der Waals surface area contributed by atoms with Crippen LogP contribution < -0.4 is 0 Å². The molecule has 0 saturated carbocycles. The molecule has 3 unspecified atom stereocenters. The van der Waals surface area contributed by atoms with E-state index in [1.165, 1.54) is 0 Å². The minimum atomic E-state index is -0.591. The zero-order valence-corrected chi connectivity index (χ0v) is 35.4. The number of Topliss-reactive ketones (excluding diaryl/α,β-unsaturated/α-hetero) is 1. The standard InChI is InChI=1S/C51H62O6/c1-10-12-37(15-29(3)35(9)52)21-44-26-42(27-45(51(44)57)23-38-17-31(5)48(54)32(6)18-38)34(8)41-25-43-20-36(11-2)16-30(4)47(53)14-13-40-22-39(19-33(7)49(40)55)24-46(28-41)50(43)56/h12,15-19,22,25-28,30,34-35,52,54-57H,10-11,13-14,20-21,23-24H2,1-9H3/b29-15?,36-16+,37-12?. The monoisotopic (exact) mass is 770 g/mol. The first kappa shape index (κ1) is 43.1. The smallest absolute Gasteiger partial charge is 0.139 e. The van der Waals surface area contributed by atoms with Gasteiger partial charge in [0.2, 0.25) is 0 Å². The van der Waals surface area contributed by atoms with Gasteiger partial charge in [0.15, 0.2) is 0 Å². The largest absolute Gasteiger partial charge is 0.507 e. The van der Waals surface area contributed by atoms with Crippen LogP contribution in [-0.2, 0) is 36.9 Å². The van der Waals surface area contributed by atoms with Crippen LogP contribution in [0.15, 0.2) is 83.5 Å². The van der Waals surface area contributed by atoms with Crippen molar-refractivity contribution in [3.63, 3.8) is 0 Å². The number of hydrogen-bond donors (Lipinski definition) is 5. The van der Waals surface area contributed by atoms with E-state index in [9.17, 15) is 30.3 Å². The van der Waals surface area contributed by atoms with Crippen LogP contribution in [0.5, 0.6) is 23.0 Å². The number of hydrogen-bond acceptors (Lipinski definition) is 6. The normalized spacial score (nSPS) is 17.5. The second-order valence-corrected chi connectivity index (χ2v) is 16.5. The van der Waals surface area contributed by atoms with Crippen molar-refractivity contribution in [1.29, 1.82) is 0 Å². The number of carbonyl (C=O) groups excluding carboxylic acids is 1. The first-order valence-electron chi connectivity index (χ1n) is 20.6. The van der Waals surface area contributed by atoms with Gasteiger partial charge in [-0.1, -0.05) is 100 Å². The number of aliphatic hydroxyl groups excluding tert-OH is 1. The van der Waals surface area contributed by atoms with E-state index < -0.39 is 6.10 Å². The van der Waals surface area contributed by atoms with E-state index in [1.54, 1.807) is 6.92 Å². The van der Waals surface area contributed by atoms with Crippen molar-refractivity contribution in [2.24, 2.45) is 5.92 Å². The molecule has 1 aliphatic carbocycles.